The summed E-state index contributed by atoms with van der Waals surface area (Å²) in [7, 11) is 1.65. The molecule has 1 N–H and O–H groups in total. The smallest absolute Gasteiger partial charge is 0.233 e. The van der Waals surface area contributed by atoms with E-state index >= 15 is 0 Å². The molecular formula is C21H30N4O2S. The van der Waals surface area contributed by atoms with Crippen LogP contribution in [0.2, 0.25) is 0 Å². The molecule has 0 aliphatic heterocycles. The highest BCUT2D eigenvalue weighted by atomic mass is 32.2. The van der Waals surface area contributed by atoms with E-state index in [4.69, 9.17) is 4.74 Å². The van der Waals surface area contributed by atoms with E-state index in [1.807, 2.05) is 31.2 Å². The molecule has 1 aliphatic carbocycles. The van der Waals surface area contributed by atoms with Crippen molar-refractivity contribution in [3.8, 4) is 17.1 Å². The molecule has 0 saturated heterocycles. The van der Waals surface area contributed by atoms with E-state index in [-0.39, 0.29) is 11.2 Å². The Kier molecular flexibility index (Phi) is 6.99. The summed E-state index contributed by atoms with van der Waals surface area (Å²) < 4.78 is 7.28. The summed E-state index contributed by atoms with van der Waals surface area (Å²) in [5.74, 6) is 2.25. The number of carbonyl (C=O) groups is 1. The molecule has 7 heteroatoms. The third-order valence-corrected chi connectivity index (χ3v) is 6.55. The van der Waals surface area contributed by atoms with Gasteiger partial charge in [-0.2, -0.15) is 0 Å². The predicted octanol–water partition coefficient (Wildman–Crippen LogP) is 4.15. The largest absolute Gasteiger partial charge is 0.497 e. The summed E-state index contributed by atoms with van der Waals surface area (Å²) in [4.78, 5) is 12.7. The highest BCUT2D eigenvalue weighted by Crippen LogP contribution is 2.29. The van der Waals surface area contributed by atoms with Crippen molar-refractivity contribution in [2.75, 3.05) is 7.11 Å². The standard InChI is InChI=1S/C21H30N4O2S/c1-5-25-19(16-10-12-17(27-4)13-11-16)23-24-21(25)28-15(3)20(26)22-18-9-7-6-8-14(18)2/h10-15,18H,5-9H2,1-4H3,(H,22,26)/t14-,15+,18+/m0/s1. The number of amides is 1. The van der Waals surface area contributed by atoms with Gasteiger partial charge in [-0.3, -0.25) is 4.79 Å². The van der Waals surface area contributed by atoms with Gasteiger partial charge < -0.3 is 14.6 Å². The summed E-state index contributed by atoms with van der Waals surface area (Å²) >= 11 is 1.47. The number of nitrogens with zero attached hydrogens (tertiary/aromatic N) is 3. The lowest BCUT2D eigenvalue weighted by Crippen LogP contribution is -2.44. The van der Waals surface area contributed by atoms with Crippen LogP contribution in [-0.4, -0.2) is 39.1 Å². The molecule has 6 nitrogen and oxygen atoms in total. The van der Waals surface area contributed by atoms with E-state index in [0.717, 1.165) is 35.3 Å². The Morgan fingerprint density at radius 1 is 1.29 bits per heavy atom. The molecule has 1 fully saturated rings. The molecule has 3 atom stereocenters. The van der Waals surface area contributed by atoms with Gasteiger partial charge in [0.2, 0.25) is 5.91 Å². The predicted molar refractivity (Wildman–Crippen MR) is 113 cm³/mol. The van der Waals surface area contributed by atoms with Crippen molar-refractivity contribution in [3.63, 3.8) is 0 Å². The maximum absolute atomic E-state index is 12.7. The maximum atomic E-state index is 12.7. The second-order valence-corrected chi connectivity index (χ2v) is 8.72. The Labute approximate surface area is 171 Å². The topological polar surface area (TPSA) is 69.0 Å². The summed E-state index contributed by atoms with van der Waals surface area (Å²) in [5.41, 5.74) is 0.982. The fraction of sp³-hybridized carbons (Fsp3) is 0.571. The molecule has 28 heavy (non-hydrogen) atoms. The van der Waals surface area contributed by atoms with Gasteiger partial charge in [0.05, 0.1) is 12.4 Å². The summed E-state index contributed by atoms with van der Waals surface area (Å²) in [6.07, 6.45) is 4.75. The first-order valence-corrected chi connectivity index (χ1v) is 11.0. The molecule has 1 heterocycles. The first-order chi connectivity index (χ1) is 13.5. The van der Waals surface area contributed by atoms with Crippen LogP contribution in [0.15, 0.2) is 29.4 Å². The molecule has 0 radical (unpaired) electrons. The Morgan fingerprint density at radius 2 is 2.00 bits per heavy atom. The van der Waals surface area contributed by atoms with Gasteiger partial charge in [0.25, 0.3) is 0 Å². The normalized spacial score (nSPS) is 20.6. The van der Waals surface area contributed by atoms with Crippen LogP contribution in [0, 0.1) is 5.92 Å². The monoisotopic (exact) mass is 402 g/mol. The zero-order chi connectivity index (χ0) is 20.1. The lowest BCUT2D eigenvalue weighted by molar-refractivity contribution is -0.121. The lowest BCUT2D eigenvalue weighted by atomic mass is 9.86. The van der Waals surface area contributed by atoms with Crippen LogP contribution >= 0.6 is 11.8 Å². The molecule has 1 aliphatic rings. The van der Waals surface area contributed by atoms with Crippen molar-refractivity contribution >= 4 is 17.7 Å². The van der Waals surface area contributed by atoms with Crippen LogP contribution in [0.4, 0.5) is 0 Å². The highest BCUT2D eigenvalue weighted by Gasteiger charge is 2.26. The van der Waals surface area contributed by atoms with Gasteiger partial charge in [-0.1, -0.05) is 31.5 Å². The quantitative estimate of drug-likeness (QED) is 0.705. The number of benzene rings is 1. The van der Waals surface area contributed by atoms with Crippen molar-refractivity contribution in [2.24, 2.45) is 5.92 Å². The van der Waals surface area contributed by atoms with Gasteiger partial charge in [-0.15, -0.1) is 10.2 Å². The molecule has 3 rings (SSSR count). The molecule has 152 valence electrons. The van der Waals surface area contributed by atoms with Crippen LogP contribution in [0.3, 0.4) is 0 Å². The Morgan fingerprint density at radius 3 is 2.64 bits per heavy atom. The number of carbonyl (C=O) groups excluding carboxylic acids is 1. The fourth-order valence-electron chi connectivity index (χ4n) is 3.66. The van der Waals surface area contributed by atoms with Crippen molar-refractivity contribution in [3.05, 3.63) is 24.3 Å². The summed E-state index contributed by atoms with van der Waals surface area (Å²) in [6.45, 7) is 6.98. The summed E-state index contributed by atoms with van der Waals surface area (Å²) in [5, 5.41) is 12.5. The molecule has 0 spiro atoms. The molecule has 2 aromatic rings. The number of aromatic nitrogens is 3. The molecule has 1 saturated carbocycles. The van der Waals surface area contributed by atoms with E-state index in [1.165, 1.54) is 31.0 Å². The lowest BCUT2D eigenvalue weighted by Gasteiger charge is -2.30. The van der Waals surface area contributed by atoms with Gasteiger partial charge in [0.15, 0.2) is 11.0 Å². The second kappa shape index (κ2) is 9.45. The Bertz CT molecular complexity index is 790. The SMILES string of the molecule is CCn1c(S[C@H](C)C(=O)N[C@@H]2CCCC[C@@H]2C)nnc1-c1ccc(OC)cc1. The number of thioether (sulfide) groups is 1. The fourth-order valence-corrected chi connectivity index (χ4v) is 4.58. The molecule has 0 bridgehead atoms. The molecular weight excluding hydrogens is 372 g/mol. The Balaban J connectivity index is 1.69. The third kappa shape index (κ3) is 4.69. The first-order valence-electron chi connectivity index (χ1n) is 10.1. The number of hydrogen-bond donors (Lipinski definition) is 1. The van der Waals surface area contributed by atoms with E-state index in [0.29, 0.717) is 12.0 Å². The number of rotatable bonds is 7. The molecule has 1 aromatic heterocycles. The van der Waals surface area contributed by atoms with Crippen LogP contribution in [0.5, 0.6) is 5.75 Å². The minimum Gasteiger partial charge on any atom is -0.497 e. The molecule has 1 aromatic carbocycles. The highest BCUT2D eigenvalue weighted by molar-refractivity contribution is 8.00. The van der Waals surface area contributed by atoms with Crippen molar-refractivity contribution in [2.45, 2.75) is 69.4 Å². The van der Waals surface area contributed by atoms with Gasteiger partial charge in [-0.25, -0.2) is 0 Å². The van der Waals surface area contributed by atoms with Crippen molar-refractivity contribution < 1.29 is 9.53 Å². The van der Waals surface area contributed by atoms with Gasteiger partial charge in [0, 0.05) is 18.2 Å². The van der Waals surface area contributed by atoms with Crippen LogP contribution in [0.1, 0.15) is 46.5 Å². The summed E-state index contributed by atoms with van der Waals surface area (Å²) in [6, 6.07) is 8.08. The number of hydrogen-bond acceptors (Lipinski definition) is 5. The zero-order valence-corrected chi connectivity index (χ0v) is 18.0. The maximum Gasteiger partial charge on any atom is 0.233 e. The van der Waals surface area contributed by atoms with Crippen LogP contribution in [0.25, 0.3) is 11.4 Å². The Hall–Kier alpha value is -2.02. The van der Waals surface area contributed by atoms with E-state index < -0.39 is 0 Å². The van der Waals surface area contributed by atoms with Crippen molar-refractivity contribution in [1.82, 2.24) is 20.1 Å². The average Bonchev–Trinajstić information content (AvgIpc) is 3.12. The number of nitrogens with one attached hydrogen (secondary N) is 1. The van der Waals surface area contributed by atoms with Crippen molar-refractivity contribution in [1.29, 1.82) is 0 Å². The van der Waals surface area contributed by atoms with Gasteiger partial charge >= 0.3 is 0 Å². The third-order valence-electron chi connectivity index (χ3n) is 5.47. The minimum atomic E-state index is -0.215. The zero-order valence-electron chi connectivity index (χ0n) is 17.1. The van der Waals surface area contributed by atoms with Gasteiger partial charge in [0.1, 0.15) is 5.75 Å². The van der Waals surface area contributed by atoms with E-state index in [1.54, 1.807) is 7.11 Å². The van der Waals surface area contributed by atoms with Crippen LogP contribution in [-0.2, 0) is 11.3 Å². The molecule has 0 unspecified atom stereocenters. The first kappa shape index (κ1) is 20.7. The number of ether oxygens (including phenoxy) is 1. The number of methoxy groups -OCH3 is 1. The van der Waals surface area contributed by atoms with E-state index in [9.17, 15) is 4.79 Å². The molecule has 1 amide bonds. The second-order valence-electron chi connectivity index (χ2n) is 7.42. The average molecular weight is 403 g/mol. The van der Waals surface area contributed by atoms with Gasteiger partial charge in [-0.05, 0) is 56.9 Å². The minimum absolute atomic E-state index is 0.0837. The van der Waals surface area contributed by atoms with E-state index in [2.05, 4.69) is 33.9 Å². The van der Waals surface area contributed by atoms with Crippen LogP contribution < -0.4 is 10.1 Å².